The molecule has 1 saturated heterocycles. The topological polar surface area (TPSA) is 67.7 Å². The molecule has 2 amide bonds. The van der Waals surface area contributed by atoms with Crippen molar-refractivity contribution < 1.29 is 14.3 Å². The number of carbonyl (C=O) groups is 2. The summed E-state index contributed by atoms with van der Waals surface area (Å²) in [5, 5.41) is 4.75. The zero-order chi connectivity index (χ0) is 24.7. The normalized spacial score (nSPS) is 17.7. The van der Waals surface area contributed by atoms with Gasteiger partial charge in [0, 0.05) is 55.9 Å². The SMILES string of the molecule is CN(Cc1ccccc1)C(=O)CC1(COc2cccc(Cl)c2)CCCN(C(=O)Cn2cccn2)C1. The zero-order valence-electron chi connectivity index (χ0n) is 20.0. The number of ether oxygens (including phenoxy) is 1. The molecule has 184 valence electrons. The van der Waals surface area contributed by atoms with Crippen LogP contribution in [0, 0.1) is 5.41 Å². The Morgan fingerprint density at radius 1 is 1.14 bits per heavy atom. The Bertz CT molecular complexity index is 1120. The molecule has 7 nitrogen and oxygen atoms in total. The summed E-state index contributed by atoms with van der Waals surface area (Å²) in [5.74, 6) is 0.678. The molecule has 0 radical (unpaired) electrons. The van der Waals surface area contributed by atoms with Gasteiger partial charge in [0.1, 0.15) is 12.3 Å². The summed E-state index contributed by atoms with van der Waals surface area (Å²) >= 11 is 6.13. The molecule has 8 heteroatoms. The van der Waals surface area contributed by atoms with Crippen LogP contribution in [0.25, 0.3) is 0 Å². The Balaban J connectivity index is 1.49. The number of amides is 2. The lowest BCUT2D eigenvalue weighted by atomic mass is 9.77. The predicted molar refractivity (Wildman–Crippen MR) is 135 cm³/mol. The van der Waals surface area contributed by atoms with Crippen LogP contribution < -0.4 is 4.74 Å². The van der Waals surface area contributed by atoms with Crippen LogP contribution in [0.5, 0.6) is 5.75 Å². The summed E-state index contributed by atoms with van der Waals surface area (Å²) in [6, 6.07) is 19.0. The highest BCUT2D eigenvalue weighted by Crippen LogP contribution is 2.35. The number of halogens is 1. The highest BCUT2D eigenvalue weighted by atomic mass is 35.5. The van der Waals surface area contributed by atoms with E-state index in [1.54, 1.807) is 40.2 Å². The summed E-state index contributed by atoms with van der Waals surface area (Å²) in [7, 11) is 1.82. The number of nitrogens with zero attached hydrogens (tertiary/aromatic N) is 4. The molecule has 4 rings (SSSR count). The van der Waals surface area contributed by atoms with Gasteiger partial charge in [-0.05, 0) is 42.7 Å². The van der Waals surface area contributed by atoms with Crippen LogP contribution in [-0.4, -0.2) is 58.1 Å². The number of likely N-dealkylation sites (tertiary alicyclic amines) is 1. The van der Waals surface area contributed by atoms with E-state index in [0.717, 1.165) is 18.4 Å². The number of carbonyl (C=O) groups excluding carboxylic acids is 2. The second kappa shape index (κ2) is 11.4. The minimum atomic E-state index is -0.498. The maximum Gasteiger partial charge on any atom is 0.244 e. The third kappa shape index (κ3) is 6.85. The third-order valence-electron chi connectivity index (χ3n) is 6.43. The quantitative estimate of drug-likeness (QED) is 0.445. The maximum absolute atomic E-state index is 13.4. The fourth-order valence-electron chi connectivity index (χ4n) is 4.56. The van der Waals surface area contributed by atoms with E-state index in [0.29, 0.717) is 43.4 Å². The maximum atomic E-state index is 13.4. The van der Waals surface area contributed by atoms with Gasteiger partial charge in [0.05, 0.1) is 6.61 Å². The first-order valence-electron chi connectivity index (χ1n) is 11.8. The second-order valence-corrected chi connectivity index (χ2v) is 9.72. The number of aromatic nitrogens is 2. The molecule has 1 unspecified atom stereocenters. The molecule has 3 aromatic rings. The van der Waals surface area contributed by atoms with Crippen LogP contribution in [0.4, 0.5) is 0 Å². The van der Waals surface area contributed by atoms with Gasteiger partial charge in [0.25, 0.3) is 0 Å². The van der Waals surface area contributed by atoms with Gasteiger partial charge in [-0.15, -0.1) is 0 Å². The van der Waals surface area contributed by atoms with Crippen LogP contribution >= 0.6 is 11.6 Å². The van der Waals surface area contributed by atoms with Gasteiger partial charge in [0.2, 0.25) is 11.8 Å². The van der Waals surface area contributed by atoms with Gasteiger partial charge in [-0.2, -0.15) is 5.10 Å². The van der Waals surface area contributed by atoms with E-state index < -0.39 is 5.41 Å². The molecule has 0 bridgehead atoms. The largest absolute Gasteiger partial charge is 0.493 e. The number of piperidine rings is 1. The van der Waals surface area contributed by atoms with E-state index in [2.05, 4.69) is 5.10 Å². The van der Waals surface area contributed by atoms with Gasteiger partial charge in [-0.1, -0.05) is 48.0 Å². The molecule has 1 atom stereocenters. The van der Waals surface area contributed by atoms with Crippen molar-refractivity contribution in [2.24, 2.45) is 5.41 Å². The Kier molecular flexibility index (Phi) is 8.08. The Labute approximate surface area is 211 Å². The first kappa shape index (κ1) is 24.8. The smallest absolute Gasteiger partial charge is 0.244 e. The Hall–Kier alpha value is -3.32. The highest BCUT2D eigenvalue weighted by Gasteiger charge is 2.40. The highest BCUT2D eigenvalue weighted by molar-refractivity contribution is 6.30. The zero-order valence-corrected chi connectivity index (χ0v) is 20.7. The van der Waals surface area contributed by atoms with Crippen molar-refractivity contribution in [3.8, 4) is 5.75 Å². The average molecular weight is 495 g/mol. The van der Waals surface area contributed by atoms with Crippen LogP contribution in [0.15, 0.2) is 73.1 Å². The molecule has 1 fully saturated rings. The molecular formula is C27H31ClN4O3. The monoisotopic (exact) mass is 494 g/mol. The van der Waals surface area contributed by atoms with Gasteiger partial charge < -0.3 is 14.5 Å². The van der Waals surface area contributed by atoms with Crippen molar-refractivity contribution in [2.45, 2.75) is 32.4 Å². The van der Waals surface area contributed by atoms with Crippen LogP contribution in [0.3, 0.4) is 0 Å². The second-order valence-electron chi connectivity index (χ2n) is 9.28. The summed E-state index contributed by atoms with van der Waals surface area (Å²) in [5.41, 5.74) is 0.579. The standard InChI is InChI=1S/C27H31ClN4O3/c1-30(18-22-8-3-2-4-9-22)25(33)17-27(21-35-24-11-5-10-23(28)16-24)12-6-14-31(20-27)26(34)19-32-15-7-13-29-32/h2-5,7-11,13,15-16H,6,12,14,17-21H2,1H3. The Morgan fingerprint density at radius 2 is 1.97 bits per heavy atom. The van der Waals surface area contributed by atoms with E-state index in [1.807, 2.05) is 54.4 Å². The van der Waals surface area contributed by atoms with Crippen molar-refractivity contribution in [2.75, 3.05) is 26.7 Å². The summed E-state index contributed by atoms with van der Waals surface area (Å²) in [6.45, 7) is 2.16. The van der Waals surface area contributed by atoms with Crippen LogP contribution in [-0.2, 0) is 22.7 Å². The molecule has 2 heterocycles. The summed E-state index contributed by atoms with van der Waals surface area (Å²) in [6.07, 6.45) is 5.33. The molecule has 0 N–H and O–H groups in total. The van der Waals surface area contributed by atoms with Crippen molar-refractivity contribution in [3.05, 3.63) is 83.6 Å². The van der Waals surface area contributed by atoms with E-state index in [9.17, 15) is 9.59 Å². The van der Waals surface area contributed by atoms with Crippen molar-refractivity contribution in [1.29, 1.82) is 0 Å². The molecule has 0 aliphatic carbocycles. The fraction of sp³-hybridized carbons (Fsp3) is 0.370. The van der Waals surface area contributed by atoms with E-state index in [4.69, 9.17) is 16.3 Å². The molecule has 1 aromatic heterocycles. The van der Waals surface area contributed by atoms with Gasteiger partial charge >= 0.3 is 0 Å². The van der Waals surface area contributed by atoms with E-state index >= 15 is 0 Å². The first-order chi connectivity index (χ1) is 16.9. The molecule has 1 aliphatic heterocycles. The fourth-order valence-corrected chi connectivity index (χ4v) is 4.74. The van der Waals surface area contributed by atoms with Crippen molar-refractivity contribution in [3.63, 3.8) is 0 Å². The lowest BCUT2D eigenvalue weighted by Crippen LogP contribution is -2.51. The lowest BCUT2D eigenvalue weighted by Gasteiger charge is -2.43. The first-order valence-corrected chi connectivity index (χ1v) is 12.2. The number of benzene rings is 2. The molecule has 2 aromatic carbocycles. The average Bonchev–Trinajstić information content (AvgIpc) is 3.37. The van der Waals surface area contributed by atoms with Gasteiger partial charge in [0.15, 0.2) is 0 Å². The molecule has 0 spiro atoms. The van der Waals surface area contributed by atoms with Gasteiger partial charge in [-0.3, -0.25) is 14.3 Å². The molecule has 0 saturated carbocycles. The summed E-state index contributed by atoms with van der Waals surface area (Å²) in [4.78, 5) is 30.0. The van der Waals surface area contributed by atoms with Crippen LogP contribution in [0.1, 0.15) is 24.8 Å². The molecule has 35 heavy (non-hydrogen) atoms. The van der Waals surface area contributed by atoms with E-state index in [-0.39, 0.29) is 18.4 Å². The van der Waals surface area contributed by atoms with Gasteiger partial charge in [-0.25, -0.2) is 0 Å². The number of hydrogen-bond acceptors (Lipinski definition) is 4. The minimum absolute atomic E-state index is 0.00869. The van der Waals surface area contributed by atoms with Crippen LogP contribution in [0.2, 0.25) is 5.02 Å². The minimum Gasteiger partial charge on any atom is -0.493 e. The number of hydrogen-bond donors (Lipinski definition) is 0. The van der Waals surface area contributed by atoms with Crippen molar-refractivity contribution >= 4 is 23.4 Å². The van der Waals surface area contributed by atoms with E-state index in [1.165, 1.54) is 0 Å². The molecule has 1 aliphatic rings. The summed E-state index contributed by atoms with van der Waals surface area (Å²) < 4.78 is 7.78. The Morgan fingerprint density at radius 3 is 2.71 bits per heavy atom. The lowest BCUT2D eigenvalue weighted by molar-refractivity contribution is -0.141. The molecular weight excluding hydrogens is 464 g/mol. The number of rotatable bonds is 9. The van der Waals surface area contributed by atoms with Crippen molar-refractivity contribution in [1.82, 2.24) is 19.6 Å². The predicted octanol–water partition coefficient (Wildman–Crippen LogP) is 4.27. The third-order valence-corrected chi connectivity index (χ3v) is 6.66.